The van der Waals surface area contributed by atoms with Crippen molar-refractivity contribution in [2.45, 2.75) is 138 Å². The first-order valence-electron chi connectivity index (χ1n) is 40.7. The van der Waals surface area contributed by atoms with Crippen molar-refractivity contribution in [3.8, 4) is 0 Å². The number of esters is 3. The van der Waals surface area contributed by atoms with Crippen LogP contribution in [0.15, 0.2) is 121 Å². The SMILES string of the molecule is CCOC(=O)CC(=O)CC.CCOC(=O)c1c(CC)nc2ncc(COC)cn12.CCOC(=O)c1c(CC)nc2ncc(Cl)cn12.CCc1nc2ncc(COC)cn2c1C(=O)NCc1ccc(N2CCN(S(=O)(=O)C(F)(F)F)C=N2)cc1.CCc1nc2ncc(COC)cn2c1C(=O)[O-].FB(F)F.NCc1ccc(N2CCN(S(=O)(=O)C(F)(F)F)C=N2)cc1.Nc1ncc(Cl)cn1.[CH2-]OC.[K+].[Li+].[Li+].[OH-]. The Morgan fingerprint density at radius 1 is 0.500 bits per heavy atom. The van der Waals surface area contributed by atoms with Crippen LogP contribution in [-0.2, 0) is 121 Å². The summed E-state index contributed by atoms with van der Waals surface area (Å²) in [4.78, 5) is 110. The molecular weight excluding hydrogens is 1970 g/mol. The van der Waals surface area contributed by atoms with E-state index in [9.17, 15) is 90.0 Å². The molecule has 0 bridgehead atoms. The van der Waals surface area contributed by atoms with Gasteiger partial charge in [0.2, 0.25) is 29.1 Å². The van der Waals surface area contributed by atoms with Gasteiger partial charge in [-0.1, -0.05) is 82.1 Å². The fourth-order valence-corrected chi connectivity index (χ4v) is 13.3. The number of nitrogens with zero attached hydrogens (tertiary/aromatic N) is 20. The number of ether oxygens (including phenoxy) is 7. The molecule has 0 saturated heterocycles. The predicted octanol–water partition coefficient (Wildman–Crippen LogP) is 0.652. The maximum absolute atomic E-state index is 13.0. The Hall–Kier alpha value is -10.1. The largest absolute Gasteiger partial charge is 1.00 e. The predicted molar refractivity (Wildman–Crippen MR) is 481 cm³/mol. The third-order valence-corrected chi connectivity index (χ3v) is 21.0. The van der Waals surface area contributed by atoms with Gasteiger partial charge < -0.3 is 65.3 Å². The molecule has 11 heterocycles. The zero-order valence-electron chi connectivity index (χ0n) is 78.9. The standard InChI is InChI=1S/C22H24F3N7O4S.C13H17N3O3.C11H12ClN3O2.C11H13F3N4O2S.C11H13N3O3.C7H12O3.C4H4ClN3.C2H5O.BF3.K.2Li.H2O/c1-3-18-19(31-12-16(13-36-2)11-27-21(31)29-18)20(33)26-10-15-4-6-17(7-5-15)32-9-8-30(14-28-32)37(34,35)22(23,24)25;1-4-10-11(12(17)19-5-2)16-7-9(8-18-3)6-14-13(16)15-10;1-3-8-9(10(16)17-4-2)15-6-7(12)5-13-11(15)14-8;12-11(13,14)21(19,20)17-5-6-18(16-8-17)10-3-1-9(7-15)2-4-10;1-3-8-9(10(15)16)14-5-7(6-17-2)4-12-11(14)13-8;1-3-6(8)5-7(9)10-4-2;5-3-1-7-4(6)8-2-3;1-3-2;2-1(3)4;;;;/h4-7,11-12,14H,3,8-10,13H2,1-2H3,(H,26,33);6-7H,4-5,8H2,1-3H3;5-6H,3-4H2,1-2H3;1-4,8H,5-7,15H2;4-5H,3,6H2,1-2H3,(H,15,16);3-5H2,1-2H3;1-2H,(H2,6,7,8);1H2,2H3;;;;;1H2/q;;;;;;;-1;;3*+1;/p-2. The van der Waals surface area contributed by atoms with E-state index in [0.29, 0.717) is 175 Å². The van der Waals surface area contributed by atoms with Crippen molar-refractivity contribution in [1.82, 2.24) is 81.4 Å². The number of aromatic carboxylic acids is 1. The summed E-state index contributed by atoms with van der Waals surface area (Å²) in [5.41, 5.74) is 8.96. The summed E-state index contributed by atoms with van der Waals surface area (Å²) in [6.07, 6.45) is 20.2. The van der Waals surface area contributed by atoms with Crippen LogP contribution in [-0.4, -0.2) is 240 Å². The van der Waals surface area contributed by atoms with Gasteiger partial charge in [-0.05, 0) is 89.0 Å². The van der Waals surface area contributed by atoms with E-state index < -0.39 is 63.1 Å². The number of aryl methyl sites for hydroxylation is 4. The number of nitrogen functional groups attached to an aromatic ring is 1. The van der Waals surface area contributed by atoms with Gasteiger partial charge in [-0.2, -0.15) is 53.4 Å². The fraction of sp³-hybridized carbons (Fsp3) is 0.395. The number of methoxy groups -OCH3 is 4. The molecule has 42 nitrogen and oxygen atoms in total. The number of carboxylic acid groups (broad SMARTS) is 1. The molecule has 1 amide bonds. The number of hydrogen-bond acceptors (Lipinski definition) is 35. The van der Waals surface area contributed by atoms with Crippen LogP contribution in [0.25, 0.3) is 23.1 Å². The van der Waals surface area contributed by atoms with E-state index in [1.807, 2.05) is 33.9 Å². The third-order valence-electron chi connectivity index (χ3n) is 17.7. The average molecular weight is 2070 g/mol. The Morgan fingerprint density at radius 2 is 0.829 bits per heavy atom. The van der Waals surface area contributed by atoms with Crippen LogP contribution >= 0.6 is 23.2 Å². The molecule has 0 unspecified atom stereocenters. The van der Waals surface area contributed by atoms with Crippen molar-refractivity contribution in [3.63, 3.8) is 0 Å². The molecule has 2 aromatic carbocycles. The van der Waals surface area contributed by atoms with Crippen LogP contribution in [0.2, 0.25) is 10.0 Å². The monoisotopic (exact) mass is 2070 g/mol. The van der Waals surface area contributed by atoms with E-state index >= 15 is 0 Å². The van der Waals surface area contributed by atoms with Crippen LogP contribution in [0, 0.1) is 7.11 Å². The number of carbonyl (C=O) groups is 6. The first-order chi connectivity index (χ1) is 64.5. The number of fused-ring (bicyclic) bond motifs is 4. The Bertz CT molecular complexity index is 6060. The molecule has 0 fully saturated rings. The normalized spacial score (nSPS) is 11.9. The number of carboxylic acids is 1. The number of Topliss-reactive ketones (excluding diaryl/α,β-unsaturated/α-hetero) is 1. The van der Waals surface area contributed by atoms with Crippen molar-refractivity contribution in [3.05, 3.63) is 201 Å². The molecule has 59 heteroatoms. The molecule has 2 aliphatic rings. The minimum atomic E-state index is -5.47. The third kappa shape index (κ3) is 38.0. The Labute approximate surface area is 876 Å². The van der Waals surface area contributed by atoms with Gasteiger partial charge in [-0.15, -0.1) is 0 Å². The smallest absolute Gasteiger partial charge is 0.870 e. The number of benzene rings is 2. The summed E-state index contributed by atoms with van der Waals surface area (Å²) < 4.78 is 190. The second-order valence-corrected chi connectivity index (χ2v) is 31.8. The number of rotatable bonds is 27. The molecule has 0 radical (unpaired) electrons. The average Bonchev–Trinajstić information content (AvgIpc) is 1.75. The Morgan fingerprint density at radius 3 is 1.14 bits per heavy atom. The molecule has 11 aromatic rings. The molecule has 0 saturated carbocycles. The maximum atomic E-state index is 13.0. The van der Waals surface area contributed by atoms with Gasteiger partial charge in [-0.3, -0.25) is 55.0 Å². The molecule has 0 atom stereocenters. The number of hydrazone groups is 2. The van der Waals surface area contributed by atoms with Gasteiger partial charge in [0, 0.05) is 101 Å². The van der Waals surface area contributed by atoms with Crippen molar-refractivity contribution in [2.24, 2.45) is 15.9 Å². The van der Waals surface area contributed by atoms with Crippen molar-refractivity contribution in [2.75, 3.05) is 90.2 Å². The van der Waals surface area contributed by atoms with E-state index in [1.165, 1.54) is 40.1 Å². The quantitative estimate of drug-likeness (QED) is 0.0159. The van der Waals surface area contributed by atoms with Crippen LogP contribution in [0.4, 0.5) is 56.6 Å². The number of imidazole rings is 4. The second-order valence-electron chi connectivity index (χ2n) is 27.1. The van der Waals surface area contributed by atoms with Gasteiger partial charge in [0.05, 0.1) is 140 Å². The number of alkyl halides is 6. The summed E-state index contributed by atoms with van der Waals surface area (Å²) in [6.45, 7) is 16.5. The van der Waals surface area contributed by atoms with E-state index in [1.54, 1.807) is 148 Å². The van der Waals surface area contributed by atoms with Crippen molar-refractivity contribution < 1.29 is 218 Å². The Kier molecular flexibility index (Phi) is 57.5. The fourth-order valence-electron chi connectivity index (χ4n) is 11.6. The summed E-state index contributed by atoms with van der Waals surface area (Å²) in [6, 6.07) is 13.8. The number of nitrogens with one attached hydrogen (secondary N) is 1. The van der Waals surface area contributed by atoms with Crippen molar-refractivity contribution in [1.29, 1.82) is 0 Å². The minimum Gasteiger partial charge on any atom is -0.870 e. The number of ketones is 1. The molecule has 748 valence electrons. The molecule has 9 aromatic heterocycles. The number of sulfonamides is 2. The maximum Gasteiger partial charge on any atom is 1.00 e. The summed E-state index contributed by atoms with van der Waals surface area (Å²) in [7, 11) is -5.26. The summed E-state index contributed by atoms with van der Waals surface area (Å²) >= 11 is 11.3. The molecular formula is C81H100BCl2F9KLi2N23O19S2. The number of anilines is 3. The first kappa shape index (κ1) is 128. The van der Waals surface area contributed by atoms with Crippen molar-refractivity contribution >= 4 is 139 Å². The van der Waals surface area contributed by atoms with E-state index in [4.69, 9.17) is 58.4 Å². The molecule has 6 N–H and O–H groups in total. The zero-order valence-corrected chi connectivity index (χ0v) is 85.2. The Balaban J connectivity index is 0.000000838. The summed E-state index contributed by atoms with van der Waals surface area (Å²) in [5, 5.41) is 25.3. The molecule has 0 aliphatic carbocycles. The first-order valence-corrected chi connectivity index (χ1v) is 44.3. The van der Waals surface area contributed by atoms with Crippen LogP contribution < -0.4 is 121 Å². The van der Waals surface area contributed by atoms with Crippen LogP contribution in [0.5, 0.6) is 0 Å². The summed E-state index contributed by atoms with van der Waals surface area (Å²) in [5.74, 6) is -0.863. The van der Waals surface area contributed by atoms with E-state index in [0.717, 1.165) is 27.8 Å². The van der Waals surface area contributed by atoms with E-state index in [-0.39, 0.29) is 165 Å². The number of nitrogens with two attached hydrogens (primary N) is 2. The topological polar surface area (TPSA) is 537 Å². The van der Waals surface area contributed by atoms with Gasteiger partial charge >= 0.3 is 146 Å². The van der Waals surface area contributed by atoms with Gasteiger partial charge in [0.1, 0.15) is 30.6 Å². The second kappa shape index (κ2) is 63.0. The molecule has 0 spiro atoms. The number of hydrogen-bond donors (Lipinski definition) is 3. The number of aromatic nitrogens is 14. The van der Waals surface area contributed by atoms with Crippen LogP contribution in [0.1, 0.15) is 161 Å². The van der Waals surface area contributed by atoms with Crippen LogP contribution in [0.3, 0.4) is 0 Å². The zero-order chi connectivity index (χ0) is 101. The number of halogens is 11. The van der Waals surface area contributed by atoms with Gasteiger partial charge in [0.15, 0.2) is 11.4 Å². The van der Waals surface area contributed by atoms with Gasteiger partial charge in [-0.25, -0.2) is 75.1 Å². The molecule has 140 heavy (non-hydrogen) atoms. The van der Waals surface area contributed by atoms with Gasteiger partial charge in [0.25, 0.3) is 5.91 Å². The van der Waals surface area contributed by atoms with E-state index in [2.05, 4.69) is 81.9 Å². The molecule has 2 aliphatic heterocycles. The number of amides is 1. The molecule has 13 rings (SSSR count). The minimum absolute atomic E-state index is 0. The number of carbonyl (C=O) groups excluding carboxylic acids is 6.